The first-order valence-corrected chi connectivity index (χ1v) is 12.9. The van der Waals surface area contributed by atoms with Crippen molar-refractivity contribution in [3.8, 4) is 0 Å². The number of anilines is 4. The molecule has 0 bridgehead atoms. The van der Waals surface area contributed by atoms with Gasteiger partial charge in [-0.25, -0.2) is 0 Å². The molecule has 4 N–H and O–H groups in total. The van der Waals surface area contributed by atoms with Gasteiger partial charge in [0.15, 0.2) is 10.3 Å². The molecule has 0 radical (unpaired) electrons. The number of nitrogens with one attached hydrogen (secondary N) is 4. The molecular weight excluding hydrogens is 432 g/mol. The highest BCUT2D eigenvalue weighted by atomic mass is 32.2. The number of thioether (sulfide) groups is 2. The maximum atomic E-state index is 4.35. The van der Waals surface area contributed by atoms with E-state index in [0.29, 0.717) is 35.8 Å². The van der Waals surface area contributed by atoms with Crippen LogP contribution in [0, 0.1) is 5.92 Å². The normalized spacial score (nSPS) is 11.4. The molecular formula is C19H36N10S2. The summed E-state index contributed by atoms with van der Waals surface area (Å²) < 4.78 is 0. The largest absolute Gasteiger partial charge is 0.354 e. The first kappa shape index (κ1) is 27.0. The molecule has 2 aromatic heterocycles. The van der Waals surface area contributed by atoms with E-state index in [1.54, 1.807) is 0 Å². The summed E-state index contributed by atoms with van der Waals surface area (Å²) in [6.07, 6.45) is 3.90. The predicted octanol–water partition coefficient (Wildman–Crippen LogP) is 3.94. The Morgan fingerprint density at radius 2 is 0.968 bits per heavy atom. The minimum Gasteiger partial charge on any atom is -0.354 e. The van der Waals surface area contributed by atoms with E-state index in [4.69, 9.17) is 0 Å². The third-order valence-electron chi connectivity index (χ3n) is 3.96. The van der Waals surface area contributed by atoms with Gasteiger partial charge in [-0.05, 0) is 46.1 Å². The molecule has 0 aliphatic heterocycles. The molecule has 1 atom stereocenters. The molecule has 31 heavy (non-hydrogen) atoms. The highest BCUT2D eigenvalue weighted by molar-refractivity contribution is 7.98. The van der Waals surface area contributed by atoms with Crippen molar-refractivity contribution in [3.63, 3.8) is 0 Å². The van der Waals surface area contributed by atoms with Crippen LogP contribution in [0.2, 0.25) is 0 Å². The van der Waals surface area contributed by atoms with Crippen molar-refractivity contribution in [2.75, 3.05) is 53.4 Å². The quantitative estimate of drug-likeness (QED) is 0.357. The minimum atomic E-state index is 0.335. The summed E-state index contributed by atoms with van der Waals surface area (Å²) in [6, 6.07) is 0.335. The Hall–Kier alpha value is -2.08. The molecule has 0 aliphatic carbocycles. The summed E-state index contributed by atoms with van der Waals surface area (Å²) in [7, 11) is 0. The summed E-state index contributed by atoms with van der Waals surface area (Å²) in [5.74, 6) is 3.06. The van der Waals surface area contributed by atoms with Crippen molar-refractivity contribution in [2.45, 2.75) is 57.9 Å². The summed E-state index contributed by atoms with van der Waals surface area (Å²) in [5.41, 5.74) is 0. The highest BCUT2D eigenvalue weighted by Crippen LogP contribution is 2.15. The van der Waals surface area contributed by atoms with E-state index in [0.717, 1.165) is 29.9 Å². The maximum absolute atomic E-state index is 4.35. The molecule has 2 aromatic rings. The number of hydrogen-bond acceptors (Lipinski definition) is 12. The van der Waals surface area contributed by atoms with Crippen LogP contribution in [-0.4, -0.2) is 68.1 Å². The van der Waals surface area contributed by atoms with Crippen molar-refractivity contribution < 1.29 is 0 Å². The second kappa shape index (κ2) is 14.8. The van der Waals surface area contributed by atoms with Crippen LogP contribution in [0.4, 0.5) is 23.8 Å². The fourth-order valence-corrected chi connectivity index (χ4v) is 2.75. The van der Waals surface area contributed by atoms with Crippen LogP contribution in [-0.2, 0) is 0 Å². The third kappa shape index (κ3) is 10.2. The number of rotatable bonds is 11. The average molecular weight is 469 g/mol. The molecule has 1 unspecified atom stereocenters. The first-order chi connectivity index (χ1) is 14.9. The van der Waals surface area contributed by atoms with E-state index in [1.807, 2.05) is 33.3 Å². The lowest BCUT2D eigenvalue weighted by Gasteiger charge is -2.17. The Labute approximate surface area is 194 Å². The lowest BCUT2D eigenvalue weighted by molar-refractivity contribution is 0.555. The van der Waals surface area contributed by atoms with Crippen molar-refractivity contribution in [1.82, 2.24) is 29.9 Å². The topological polar surface area (TPSA) is 125 Å². The van der Waals surface area contributed by atoms with Gasteiger partial charge in [0, 0.05) is 25.7 Å². The van der Waals surface area contributed by atoms with Gasteiger partial charge in [0.1, 0.15) is 0 Å². The first-order valence-electron chi connectivity index (χ1n) is 10.4. The van der Waals surface area contributed by atoms with E-state index in [9.17, 15) is 0 Å². The lowest BCUT2D eigenvalue weighted by atomic mass is 10.1. The van der Waals surface area contributed by atoms with E-state index in [2.05, 4.69) is 71.9 Å². The van der Waals surface area contributed by atoms with Gasteiger partial charge in [-0.3, -0.25) is 0 Å². The molecule has 0 aliphatic rings. The molecule has 10 nitrogen and oxygen atoms in total. The van der Waals surface area contributed by atoms with Gasteiger partial charge in [-0.15, -0.1) is 0 Å². The van der Waals surface area contributed by atoms with Crippen LogP contribution in [0.25, 0.3) is 0 Å². The molecule has 12 heteroatoms. The van der Waals surface area contributed by atoms with Crippen LogP contribution in [0.15, 0.2) is 10.3 Å². The number of hydrogen-bond donors (Lipinski definition) is 4. The lowest BCUT2D eigenvalue weighted by Crippen LogP contribution is -2.23. The van der Waals surface area contributed by atoms with Crippen molar-refractivity contribution >= 4 is 47.3 Å². The Balaban J connectivity index is 0.000000316. The Kier molecular flexibility index (Phi) is 12.9. The van der Waals surface area contributed by atoms with Crippen LogP contribution in [0.1, 0.15) is 41.5 Å². The molecule has 0 amide bonds. The molecule has 174 valence electrons. The summed E-state index contributed by atoms with van der Waals surface area (Å²) >= 11 is 3.02. The second-order valence-electron chi connectivity index (χ2n) is 6.71. The molecule has 2 rings (SSSR count). The van der Waals surface area contributed by atoms with E-state index in [1.165, 1.54) is 23.5 Å². The van der Waals surface area contributed by atoms with E-state index >= 15 is 0 Å². The maximum Gasteiger partial charge on any atom is 0.228 e. The molecule has 2 heterocycles. The predicted molar refractivity (Wildman–Crippen MR) is 134 cm³/mol. The molecule has 0 spiro atoms. The summed E-state index contributed by atoms with van der Waals surface area (Å²) in [5, 5.41) is 14.0. The SMILES string of the molecule is CCNc1nc(NC(C)C(C)C)nc(SC)n1.CCNc1nc(NCC)nc(SC)n1. The van der Waals surface area contributed by atoms with Gasteiger partial charge in [-0.1, -0.05) is 37.4 Å². The van der Waals surface area contributed by atoms with Crippen molar-refractivity contribution in [2.24, 2.45) is 5.92 Å². The van der Waals surface area contributed by atoms with Crippen LogP contribution >= 0.6 is 23.5 Å². The highest BCUT2D eigenvalue weighted by Gasteiger charge is 2.11. The second-order valence-corrected chi connectivity index (χ2v) is 8.25. The Morgan fingerprint density at radius 1 is 0.613 bits per heavy atom. The van der Waals surface area contributed by atoms with Gasteiger partial charge in [0.25, 0.3) is 0 Å². The van der Waals surface area contributed by atoms with Gasteiger partial charge >= 0.3 is 0 Å². The van der Waals surface area contributed by atoms with E-state index < -0.39 is 0 Å². The number of nitrogens with zero attached hydrogens (tertiary/aromatic N) is 6. The zero-order valence-electron chi connectivity index (χ0n) is 19.8. The van der Waals surface area contributed by atoms with Gasteiger partial charge in [0.05, 0.1) is 0 Å². The number of aromatic nitrogens is 6. The summed E-state index contributed by atoms with van der Waals surface area (Å²) in [6.45, 7) is 14.9. The molecule has 0 aromatic carbocycles. The molecule has 0 saturated carbocycles. The average Bonchev–Trinajstić information content (AvgIpc) is 2.74. The smallest absolute Gasteiger partial charge is 0.228 e. The van der Waals surface area contributed by atoms with Crippen molar-refractivity contribution in [3.05, 3.63) is 0 Å². The van der Waals surface area contributed by atoms with Gasteiger partial charge in [-0.2, -0.15) is 29.9 Å². The van der Waals surface area contributed by atoms with Gasteiger partial charge < -0.3 is 21.3 Å². The third-order valence-corrected chi connectivity index (χ3v) is 5.05. The van der Waals surface area contributed by atoms with E-state index in [-0.39, 0.29) is 0 Å². The van der Waals surface area contributed by atoms with Crippen LogP contribution in [0.5, 0.6) is 0 Å². The monoisotopic (exact) mass is 468 g/mol. The summed E-state index contributed by atoms with van der Waals surface area (Å²) in [4.78, 5) is 25.6. The zero-order chi connectivity index (χ0) is 23.2. The molecule has 0 saturated heterocycles. The fraction of sp³-hybridized carbons (Fsp3) is 0.684. The fourth-order valence-electron chi connectivity index (χ4n) is 2.04. The van der Waals surface area contributed by atoms with Crippen molar-refractivity contribution in [1.29, 1.82) is 0 Å². The van der Waals surface area contributed by atoms with Crippen LogP contribution in [0.3, 0.4) is 0 Å². The minimum absolute atomic E-state index is 0.335. The Morgan fingerprint density at radius 3 is 1.29 bits per heavy atom. The zero-order valence-corrected chi connectivity index (χ0v) is 21.4. The van der Waals surface area contributed by atoms with Crippen LogP contribution < -0.4 is 21.3 Å². The Bertz CT molecular complexity index is 751. The molecule has 0 fully saturated rings. The van der Waals surface area contributed by atoms with Gasteiger partial charge in [0.2, 0.25) is 23.8 Å². The standard InChI is InChI=1S/C11H21N5S.C8H15N5S/c1-6-12-9-14-10(13-8(4)7(2)3)16-11(15-9)17-5;1-4-9-6-11-7(10-5-2)13-8(12-6)14-3/h7-8H,6H2,1-5H3,(H2,12,13,14,15,16);4-5H2,1-3H3,(H2,9,10,11,12,13).